The minimum Gasteiger partial charge on any atom is -0.505 e. The van der Waals surface area contributed by atoms with Gasteiger partial charge in [0.15, 0.2) is 11.6 Å². The number of rotatable bonds is 5. The number of hydrogen-bond acceptors (Lipinski definition) is 9. The van der Waals surface area contributed by atoms with Crippen LogP contribution in [0.15, 0.2) is 74.6 Å². The standard InChI is InChI=1S/C6H8O2.C5H8O2.C5H8O.C4H6O2.C4H6O.C3H6O.C3H4/c1-4-3-5(2)8-6(4)7;1-4(2)5(6)7-3;1-4(2)5(3)6;1-3-4(5)6-2;1-3-4(2)5;1-3-4-2;1-3-2/h5H,1,3H2,2H3;1H2,2-3H3;1H2,2-3H3;3H,1H2,2H3;3H,1H2,2H3;3H,1H2,2H3;1H,2H3. The molecule has 9 nitrogen and oxygen atoms in total. The fraction of sp³-hybridized carbons (Fsp3) is 0.367. The Bertz CT molecular complexity index is 825. The van der Waals surface area contributed by atoms with E-state index in [4.69, 9.17) is 4.74 Å². The molecule has 1 aliphatic heterocycles. The largest absolute Gasteiger partial charge is 0.505 e. The molecule has 9 heteroatoms. The number of carbonyl (C=O) groups is 5. The summed E-state index contributed by atoms with van der Waals surface area (Å²) >= 11 is 0. The molecule has 1 rings (SSSR count). The number of Topliss-reactive ketones (excluding diaryl/α,β-unsaturated/α-hetero) is 1. The van der Waals surface area contributed by atoms with Crippen LogP contribution in [0.3, 0.4) is 0 Å². The van der Waals surface area contributed by atoms with Crippen molar-refractivity contribution in [1.29, 1.82) is 0 Å². The number of ether oxygens (including phenoxy) is 4. The van der Waals surface area contributed by atoms with Crippen LogP contribution >= 0.6 is 0 Å². The lowest BCUT2D eigenvalue weighted by Gasteiger charge is -1.94. The van der Waals surface area contributed by atoms with Gasteiger partial charge in [0.25, 0.3) is 0 Å². The van der Waals surface area contributed by atoms with Gasteiger partial charge in [-0.15, -0.1) is 12.3 Å². The molecule has 0 radical (unpaired) electrons. The van der Waals surface area contributed by atoms with E-state index in [2.05, 4.69) is 66.0 Å². The Balaban J connectivity index is -0.0000000831. The first-order valence-corrected chi connectivity index (χ1v) is 11.1. The average molecular weight is 551 g/mol. The summed E-state index contributed by atoms with van der Waals surface area (Å²) in [7, 11) is 4.20. The van der Waals surface area contributed by atoms with Crippen LogP contribution in [0.25, 0.3) is 0 Å². The molecule has 1 fully saturated rings. The van der Waals surface area contributed by atoms with E-state index >= 15 is 0 Å². The summed E-state index contributed by atoms with van der Waals surface area (Å²) in [4.78, 5) is 50.2. The second-order valence-corrected chi connectivity index (χ2v) is 6.87. The normalized spacial score (nSPS) is 11.0. The maximum atomic E-state index is 10.5. The van der Waals surface area contributed by atoms with Gasteiger partial charge in [-0.1, -0.05) is 39.5 Å². The number of cyclic esters (lactones) is 1. The smallest absolute Gasteiger partial charge is 0.333 e. The fourth-order valence-electron chi connectivity index (χ4n) is 0.996. The van der Waals surface area contributed by atoms with Gasteiger partial charge in [0.05, 0.1) is 27.6 Å². The van der Waals surface area contributed by atoms with Crippen molar-refractivity contribution in [2.45, 2.75) is 54.1 Å². The highest BCUT2D eigenvalue weighted by atomic mass is 16.5. The van der Waals surface area contributed by atoms with E-state index in [-0.39, 0.29) is 29.6 Å². The highest BCUT2D eigenvalue weighted by Gasteiger charge is 2.22. The number of methoxy groups -OCH3 is 3. The Kier molecular flexibility index (Phi) is 43.7. The summed E-state index contributed by atoms with van der Waals surface area (Å²) in [5.41, 5.74) is 1.65. The number of allylic oxidation sites excluding steroid dienone is 2. The van der Waals surface area contributed by atoms with Crippen molar-refractivity contribution < 1.29 is 42.9 Å². The van der Waals surface area contributed by atoms with Gasteiger partial charge in [0, 0.05) is 23.6 Å². The maximum Gasteiger partial charge on any atom is 0.333 e. The van der Waals surface area contributed by atoms with E-state index in [1.807, 2.05) is 6.92 Å². The van der Waals surface area contributed by atoms with Crippen LogP contribution in [0.5, 0.6) is 0 Å². The van der Waals surface area contributed by atoms with Crippen molar-refractivity contribution in [2.75, 3.05) is 21.3 Å². The quantitative estimate of drug-likeness (QED) is 0.148. The molecule has 1 saturated heterocycles. The van der Waals surface area contributed by atoms with Gasteiger partial charge in [-0.05, 0) is 53.2 Å². The van der Waals surface area contributed by atoms with E-state index in [1.54, 1.807) is 27.9 Å². The molecule has 0 bridgehead atoms. The first kappa shape index (κ1) is 47.7. The Labute approximate surface area is 234 Å². The van der Waals surface area contributed by atoms with E-state index in [0.717, 1.165) is 6.08 Å². The highest BCUT2D eigenvalue weighted by Crippen LogP contribution is 2.16. The Morgan fingerprint density at radius 1 is 0.949 bits per heavy atom. The van der Waals surface area contributed by atoms with Crippen LogP contribution < -0.4 is 0 Å². The van der Waals surface area contributed by atoms with Crippen molar-refractivity contribution in [3.8, 4) is 12.3 Å². The molecule has 0 aromatic rings. The molecule has 0 aromatic carbocycles. The molecule has 1 unspecified atom stereocenters. The van der Waals surface area contributed by atoms with Crippen molar-refractivity contribution in [3.63, 3.8) is 0 Å². The van der Waals surface area contributed by atoms with Crippen LogP contribution in [0.4, 0.5) is 0 Å². The minimum atomic E-state index is -0.394. The summed E-state index contributed by atoms with van der Waals surface area (Å²) in [5.74, 6) is 1.35. The Morgan fingerprint density at radius 3 is 1.33 bits per heavy atom. The second-order valence-electron chi connectivity index (χ2n) is 6.87. The average Bonchev–Trinajstić information content (AvgIpc) is 3.18. The molecular weight excluding hydrogens is 504 g/mol. The number of ketones is 2. The van der Waals surface area contributed by atoms with Gasteiger partial charge in [0.2, 0.25) is 0 Å². The second kappa shape index (κ2) is 35.7. The Morgan fingerprint density at radius 2 is 1.31 bits per heavy atom. The van der Waals surface area contributed by atoms with E-state index in [9.17, 15) is 24.0 Å². The van der Waals surface area contributed by atoms with E-state index in [0.29, 0.717) is 23.1 Å². The maximum absolute atomic E-state index is 10.5. The lowest BCUT2D eigenvalue weighted by atomic mass is 10.2. The summed E-state index contributed by atoms with van der Waals surface area (Å²) < 4.78 is 17.5. The molecule has 0 aliphatic carbocycles. The fourth-order valence-corrected chi connectivity index (χ4v) is 0.996. The third-order valence-corrected chi connectivity index (χ3v) is 3.09. The summed E-state index contributed by atoms with van der Waals surface area (Å²) in [6.45, 7) is 29.7. The van der Waals surface area contributed by atoms with Crippen molar-refractivity contribution in [3.05, 3.63) is 74.6 Å². The van der Waals surface area contributed by atoms with E-state index in [1.165, 1.54) is 40.4 Å². The molecule has 39 heavy (non-hydrogen) atoms. The predicted octanol–water partition coefficient (Wildman–Crippen LogP) is 5.29. The lowest BCUT2D eigenvalue weighted by molar-refractivity contribution is -0.138. The van der Waals surface area contributed by atoms with Gasteiger partial charge in [-0.2, -0.15) is 0 Å². The van der Waals surface area contributed by atoms with Gasteiger partial charge in [0.1, 0.15) is 6.10 Å². The summed E-state index contributed by atoms with van der Waals surface area (Å²) in [6, 6.07) is 0. The van der Waals surface area contributed by atoms with Gasteiger partial charge < -0.3 is 18.9 Å². The number of hydrogen-bond donors (Lipinski definition) is 0. The third kappa shape index (κ3) is 55.4. The lowest BCUT2D eigenvalue weighted by Crippen LogP contribution is -1.99. The van der Waals surface area contributed by atoms with Crippen molar-refractivity contribution in [2.24, 2.45) is 0 Å². The van der Waals surface area contributed by atoms with Crippen LogP contribution in [0.2, 0.25) is 0 Å². The van der Waals surface area contributed by atoms with Crippen molar-refractivity contribution >= 4 is 29.5 Å². The predicted molar refractivity (Wildman–Crippen MR) is 156 cm³/mol. The Hall–Kier alpha value is -4.45. The van der Waals surface area contributed by atoms with Crippen LogP contribution in [-0.4, -0.2) is 56.9 Å². The van der Waals surface area contributed by atoms with Crippen LogP contribution in [0, 0.1) is 12.3 Å². The zero-order valence-corrected chi connectivity index (χ0v) is 25.0. The minimum absolute atomic E-state index is 0.0185. The third-order valence-electron chi connectivity index (χ3n) is 3.09. The summed E-state index contributed by atoms with van der Waals surface area (Å²) in [5, 5.41) is 0. The molecule has 1 heterocycles. The number of terminal acetylenes is 1. The number of esters is 3. The first-order chi connectivity index (χ1) is 17.9. The monoisotopic (exact) mass is 550 g/mol. The topological polar surface area (TPSA) is 122 Å². The first-order valence-electron chi connectivity index (χ1n) is 11.1. The van der Waals surface area contributed by atoms with E-state index < -0.39 is 5.97 Å². The molecular formula is C30H46O9. The summed E-state index contributed by atoms with van der Waals surface area (Å²) in [6.07, 6.45) is 9.11. The highest BCUT2D eigenvalue weighted by molar-refractivity contribution is 5.91. The molecule has 0 saturated carbocycles. The molecule has 1 atom stereocenters. The van der Waals surface area contributed by atoms with Gasteiger partial charge in [-0.3, -0.25) is 9.59 Å². The molecule has 0 N–H and O–H groups in total. The number of carbonyl (C=O) groups excluding carboxylic acids is 5. The van der Waals surface area contributed by atoms with Gasteiger partial charge >= 0.3 is 17.9 Å². The van der Waals surface area contributed by atoms with Crippen molar-refractivity contribution in [1.82, 2.24) is 0 Å². The molecule has 1 aliphatic rings. The zero-order chi connectivity index (χ0) is 32.6. The SMILES string of the molecule is C#CC.C=C(C)C(=O)OC.C=C(C)C(C)=O.C=C1CC(C)OC1=O.C=CC(=O)OC.C=CC(C)=O.C=COC. The molecule has 0 amide bonds. The molecule has 220 valence electrons. The van der Waals surface area contributed by atoms with Gasteiger partial charge in [-0.25, -0.2) is 14.4 Å². The molecule has 0 aromatic heterocycles. The molecule has 0 spiro atoms. The van der Waals surface area contributed by atoms with Crippen LogP contribution in [-0.2, 0) is 42.9 Å². The zero-order valence-electron chi connectivity index (χ0n) is 25.0. The van der Waals surface area contributed by atoms with Crippen LogP contribution in [0.1, 0.15) is 48.0 Å².